The molecule has 0 bridgehead atoms. The van der Waals surface area contributed by atoms with Gasteiger partial charge in [0.1, 0.15) is 0 Å². The van der Waals surface area contributed by atoms with Gasteiger partial charge in [0.25, 0.3) is 0 Å². The van der Waals surface area contributed by atoms with Gasteiger partial charge in [0.05, 0.1) is 12.4 Å². The first kappa shape index (κ1) is 11.0. The van der Waals surface area contributed by atoms with Gasteiger partial charge < -0.3 is 4.74 Å². The van der Waals surface area contributed by atoms with Crippen molar-refractivity contribution in [3.63, 3.8) is 0 Å². The van der Waals surface area contributed by atoms with Crippen LogP contribution in [0.3, 0.4) is 0 Å². The van der Waals surface area contributed by atoms with Crippen LogP contribution in [-0.4, -0.2) is 6.61 Å². The van der Waals surface area contributed by atoms with Crippen LogP contribution >= 0.6 is 0 Å². The highest BCUT2D eigenvalue weighted by Crippen LogP contribution is 2.23. The Morgan fingerprint density at radius 3 is 2.69 bits per heavy atom. The van der Waals surface area contributed by atoms with E-state index in [-0.39, 0.29) is 0 Å². The van der Waals surface area contributed by atoms with Gasteiger partial charge in [-0.05, 0) is 30.6 Å². The normalized spacial score (nSPS) is 14.4. The van der Waals surface area contributed by atoms with Gasteiger partial charge in [-0.1, -0.05) is 36.4 Å². The second-order valence-electron chi connectivity index (χ2n) is 4.28. The highest BCUT2D eigenvalue weighted by Gasteiger charge is 2.06. The molecule has 16 heavy (non-hydrogen) atoms. The van der Waals surface area contributed by atoms with Crippen molar-refractivity contribution in [3.05, 3.63) is 53.8 Å². The minimum absolute atomic E-state index is 0.854. The summed E-state index contributed by atoms with van der Waals surface area (Å²) in [6.45, 7) is 7.09. The molecule has 0 unspecified atom stereocenters. The van der Waals surface area contributed by atoms with E-state index in [0.29, 0.717) is 0 Å². The van der Waals surface area contributed by atoms with Crippen molar-refractivity contribution in [1.29, 1.82) is 0 Å². The zero-order valence-electron chi connectivity index (χ0n) is 9.83. The molecule has 84 valence electrons. The summed E-state index contributed by atoms with van der Waals surface area (Å²) in [5.41, 5.74) is 3.72. The second-order valence-corrected chi connectivity index (χ2v) is 4.28. The van der Waals surface area contributed by atoms with E-state index in [1.807, 2.05) is 0 Å². The van der Waals surface area contributed by atoms with Crippen molar-refractivity contribution in [2.45, 2.75) is 26.2 Å². The van der Waals surface area contributed by atoms with E-state index < -0.39 is 0 Å². The van der Waals surface area contributed by atoms with Crippen LogP contribution in [0.4, 0.5) is 0 Å². The molecular weight excluding hydrogens is 196 g/mol. The van der Waals surface area contributed by atoms with Gasteiger partial charge in [-0.15, -0.1) is 0 Å². The predicted octanol–water partition coefficient (Wildman–Crippen LogP) is 4.09. The summed E-state index contributed by atoms with van der Waals surface area (Å²) >= 11 is 0. The van der Waals surface area contributed by atoms with Crippen LogP contribution in [0.5, 0.6) is 0 Å². The van der Waals surface area contributed by atoms with Gasteiger partial charge in [-0.3, -0.25) is 0 Å². The largest absolute Gasteiger partial charge is 0.498 e. The molecule has 1 aliphatic rings. The highest BCUT2D eigenvalue weighted by molar-refractivity contribution is 5.63. The molecule has 0 aromatic heterocycles. The number of hydrogen-bond acceptors (Lipinski definition) is 1. The lowest BCUT2D eigenvalue weighted by Gasteiger charge is -2.07. The van der Waals surface area contributed by atoms with Gasteiger partial charge in [0, 0.05) is 12.8 Å². The van der Waals surface area contributed by atoms with E-state index in [9.17, 15) is 0 Å². The average molecular weight is 214 g/mol. The fourth-order valence-electron chi connectivity index (χ4n) is 1.85. The SMILES string of the molecule is C=C(CCC1=CCCO1)c1ccc(C)cc1. The topological polar surface area (TPSA) is 9.23 Å². The summed E-state index contributed by atoms with van der Waals surface area (Å²) in [5, 5.41) is 0. The van der Waals surface area contributed by atoms with Crippen LogP contribution in [-0.2, 0) is 4.74 Å². The Bertz CT molecular complexity index is 398. The molecule has 0 amide bonds. The van der Waals surface area contributed by atoms with Crippen LogP contribution in [0.2, 0.25) is 0 Å². The van der Waals surface area contributed by atoms with E-state index in [1.54, 1.807) is 0 Å². The molecule has 1 aromatic rings. The van der Waals surface area contributed by atoms with Crippen molar-refractivity contribution in [1.82, 2.24) is 0 Å². The molecule has 1 aliphatic heterocycles. The molecule has 0 N–H and O–H groups in total. The summed E-state index contributed by atoms with van der Waals surface area (Å²) in [6, 6.07) is 8.54. The standard InChI is InChI=1S/C15H18O/c1-12-5-8-14(9-6-12)13(2)7-10-15-4-3-11-16-15/h4-6,8-9H,2-3,7,10-11H2,1H3. The summed E-state index contributed by atoms with van der Waals surface area (Å²) in [4.78, 5) is 0. The molecule has 0 spiro atoms. The minimum Gasteiger partial charge on any atom is -0.498 e. The number of allylic oxidation sites excluding steroid dienone is 2. The molecule has 0 fully saturated rings. The van der Waals surface area contributed by atoms with Crippen molar-refractivity contribution in [2.75, 3.05) is 6.61 Å². The lowest BCUT2D eigenvalue weighted by molar-refractivity contribution is 0.235. The van der Waals surface area contributed by atoms with Gasteiger partial charge in [0.2, 0.25) is 0 Å². The van der Waals surface area contributed by atoms with E-state index in [4.69, 9.17) is 4.74 Å². The van der Waals surface area contributed by atoms with Crippen LogP contribution < -0.4 is 0 Å². The third-order valence-corrected chi connectivity index (χ3v) is 2.91. The van der Waals surface area contributed by atoms with E-state index >= 15 is 0 Å². The molecule has 0 radical (unpaired) electrons. The maximum absolute atomic E-state index is 5.48. The summed E-state index contributed by atoms with van der Waals surface area (Å²) in [7, 11) is 0. The zero-order valence-corrected chi connectivity index (χ0v) is 9.83. The molecule has 2 rings (SSSR count). The molecule has 0 saturated carbocycles. The number of aryl methyl sites for hydroxylation is 1. The molecule has 1 heteroatoms. The van der Waals surface area contributed by atoms with Gasteiger partial charge in [-0.2, -0.15) is 0 Å². The quantitative estimate of drug-likeness (QED) is 0.733. The van der Waals surface area contributed by atoms with Gasteiger partial charge >= 0.3 is 0 Å². The molecule has 1 nitrogen and oxygen atoms in total. The number of rotatable bonds is 4. The Balaban J connectivity index is 1.90. The number of ether oxygens (including phenoxy) is 1. The summed E-state index contributed by atoms with van der Waals surface area (Å²) in [6.07, 6.45) is 5.20. The Morgan fingerprint density at radius 2 is 2.06 bits per heavy atom. The van der Waals surface area contributed by atoms with Crippen LogP contribution in [0.1, 0.15) is 30.4 Å². The Hall–Kier alpha value is -1.50. The van der Waals surface area contributed by atoms with Crippen LogP contribution in [0, 0.1) is 6.92 Å². The molecule has 0 aliphatic carbocycles. The van der Waals surface area contributed by atoms with Gasteiger partial charge in [0.15, 0.2) is 0 Å². The second kappa shape index (κ2) is 5.02. The van der Waals surface area contributed by atoms with E-state index in [0.717, 1.165) is 31.6 Å². The van der Waals surface area contributed by atoms with Crippen molar-refractivity contribution >= 4 is 5.57 Å². The molecular formula is C15H18O. The maximum Gasteiger partial charge on any atom is 0.0924 e. The Morgan fingerprint density at radius 1 is 1.31 bits per heavy atom. The fourth-order valence-corrected chi connectivity index (χ4v) is 1.85. The van der Waals surface area contributed by atoms with Crippen molar-refractivity contribution in [2.24, 2.45) is 0 Å². The molecule has 1 heterocycles. The third-order valence-electron chi connectivity index (χ3n) is 2.91. The van der Waals surface area contributed by atoms with Crippen molar-refractivity contribution < 1.29 is 4.74 Å². The molecule has 0 atom stereocenters. The number of hydrogen-bond donors (Lipinski definition) is 0. The van der Waals surface area contributed by atoms with Crippen LogP contribution in [0.15, 0.2) is 42.7 Å². The lowest BCUT2D eigenvalue weighted by atomic mass is 10.0. The predicted molar refractivity (Wildman–Crippen MR) is 68.1 cm³/mol. The molecule has 0 saturated heterocycles. The summed E-state index contributed by atoms with van der Waals surface area (Å²) in [5.74, 6) is 1.13. The first-order valence-electron chi connectivity index (χ1n) is 5.82. The van der Waals surface area contributed by atoms with Crippen molar-refractivity contribution in [3.8, 4) is 0 Å². The minimum atomic E-state index is 0.854. The van der Waals surface area contributed by atoms with E-state index in [2.05, 4.69) is 43.8 Å². The average Bonchev–Trinajstić information content (AvgIpc) is 2.80. The van der Waals surface area contributed by atoms with Gasteiger partial charge in [-0.25, -0.2) is 0 Å². The summed E-state index contributed by atoms with van der Waals surface area (Å²) < 4.78 is 5.48. The highest BCUT2D eigenvalue weighted by atomic mass is 16.5. The Labute approximate surface area is 97.4 Å². The monoisotopic (exact) mass is 214 g/mol. The zero-order chi connectivity index (χ0) is 11.4. The first-order chi connectivity index (χ1) is 7.75. The van der Waals surface area contributed by atoms with Crippen LogP contribution in [0.25, 0.3) is 5.57 Å². The lowest BCUT2D eigenvalue weighted by Crippen LogP contribution is -1.88. The Kier molecular flexibility index (Phi) is 3.45. The fraction of sp³-hybridized carbons (Fsp3) is 0.333. The smallest absolute Gasteiger partial charge is 0.0924 e. The van der Waals surface area contributed by atoms with E-state index in [1.165, 1.54) is 16.7 Å². The number of benzene rings is 1. The molecule has 1 aromatic carbocycles. The maximum atomic E-state index is 5.48. The first-order valence-corrected chi connectivity index (χ1v) is 5.82. The third kappa shape index (κ3) is 2.75.